The monoisotopic (exact) mass is 541 g/mol. The SMILES string of the molecule is CCCCCCCCCOC(=O)CCCCCN(CCO)CCCCCC(=O)OCCCCCCCCC. The largest absolute Gasteiger partial charge is 0.466 e. The Hall–Kier alpha value is -1.14. The molecule has 0 saturated carbocycles. The first kappa shape index (κ1) is 36.9. The van der Waals surface area contributed by atoms with Gasteiger partial charge >= 0.3 is 11.9 Å². The molecule has 6 nitrogen and oxygen atoms in total. The second-order valence-corrected chi connectivity index (χ2v) is 10.9. The van der Waals surface area contributed by atoms with Gasteiger partial charge in [-0.15, -0.1) is 0 Å². The highest BCUT2D eigenvalue weighted by Gasteiger charge is 2.07. The summed E-state index contributed by atoms with van der Waals surface area (Å²) in [6, 6.07) is 0. The van der Waals surface area contributed by atoms with Crippen LogP contribution in [-0.4, -0.2) is 61.4 Å². The van der Waals surface area contributed by atoms with Crippen LogP contribution in [0.15, 0.2) is 0 Å². The third-order valence-corrected chi connectivity index (χ3v) is 7.15. The quantitative estimate of drug-likeness (QED) is 0.0733. The number of aliphatic hydroxyl groups excluding tert-OH is 1. The zero-order chi connectivity index (χ0) is 27.9. The number of rotatable bonds is 30. The summed E-state index contributed by atoms with van der Waals surface area (Å²) in [6.07, 6.45) is 24.0. The van der Waals surface area contributed by atoms with Crippen LogP contribution in [0.1, 0.15) is 155 Å². The van der Waals surface area contributed by atoms with Gasteiger partial charge in [0.1, 0.15) is 0 Å². The first-order chi connectivity index (χ1) is 18.6. The molecule has 0 bridgehead atoms. The molecule has 0 amide bonds. The van der Waals surface area contributed by atoms with Crippen LogP contribution in [0.3, 0.4) is 0 Å². The van der Waals surface area contributed by atoms with Crippen molar-refractivity contribution in [2.75, 3.05) is 39.5 Å². The van der Waals surface area contributed by atoms with Gasteiger partial charge in [0.25, 0.3) is 0 Å². The van der Waals surface area contributed by atoms with Crippen molar-refractivity contribution in [3.8, 4) is 0 Å². The average Bonchev–Trinajstić information content (AvgIpc) is 2.91. The van der Waals surface area contributed by atoms with Crippen molar-refractivity contribution in [3.63, 3.8) is 0 Å². The molecule has 0 saturated heterocycles. The summed E-state index contributed by atoms with van der Waals surface area (Å²) in [6.45, 7) is 8.31. The van der Waals surface area contributed by atoms with E-state index in [1.807, 2.05) is 0 Å². The lowest BCUT2D eigenvalue weighted by Crippen LogP contribution is -2.29. The third-order valence-electron chi connectivity index (χ3n) is 7.15. The highest BCUT2D eigenvalue weighted by molar-refractivity contribution is 5.69. The molecule has 0 aliphatic rings. The lowest BCUT2D eigenvalue weighted by molar-refractivity contribution is -0.144. The number of hydrogen-bond donors (Lipinski definition) is 1. The Morgan fingerprint density at radius 2 is 0.868 bits per heavy atom. The molecule has 0 rings (SSSR count). The van der Waals surface area contributed by atoms with Crippen LogP contribution < -0.4 is 0 Å². The summed E-state index contributed by atoms with van der Waals surface area (Å²) in [5, 5.41) is 9.37. The van der Waals surface area contributed by atoms with E-state index in [1.165, 1.54) is 64.2 Å². The van der Waals surface area contributed by atoms with Crippen molar-refractivity contribution in [3.05, 3.63) is 0 Å². The van der Waals surface area contributed by atoms with Gasteiger partial charge in [-0.25, -0.2) is 0 Å². The Morgan fingerprint density at radius 1 is 0.500 bits per heavy atom. The number of unbranched alkanes of at least 4 members (excludes halogenated alkanes) is 16. The number of hydrogen-bond acceptors (Lipinski definition) is 6. The summed E-state index contributed by atoms with van der Waals surface area (Å²) in [7, 11) is 0. The van der Waals surface area contributed by atoms with E-state index >= 15 is 0 Å². The second kappa shape index (κ2) is 30.4. The molecular formula is C32H63NO5. The molecule has 0 spiro atoms. The van der Waals surface area contributed by atoms with Crippen LogP contribution in [0.25, 0.3) is 0 Å². The molecule has 0 aliphatic heterocycles. The molecule has 6 heteroatoms. The zero-order valence-corrected chi connectivity index (χ0v) is 25.3. The third kappa shape index (κ3) is 27.9. The molecule has 0 heterocycles. The average molecular weight is 542 g/mol. The fraction of sp³-hybridized carbons (Fsp3) is 0.938. The first-order valence-electron chi connectivity index (χ1n) is 16.3. The van der Waals surface area contributed by atoms with Gasteiger partial charge < -0.3 is 19.5 Å². The standard InChI is InChI=1S/C32H63NO5/c1-3-5-7-9-11-13-21-29-37-31(35)23-17-15-19-25-33(27-28-34)26-20-16-18-24-32(36)38-30-22-14-12-10-8-6-4-2/h34H,3-30H2,1-2H3. The van der Waals surface area contributed by atoms with Gasteiger partial charge in [-0.2, -0.15) is 0 Å². The molecule has 226 valence electrons. The van der Waals surface area contributed by atoms with E-state index in [-0.39, 0.29) is 18.5 Å². The molecule has 1 N–H and O–H groups in total. The zero-order valence-electron chi connectivity index (χ0n) is 25.3. The maximum atomic E-state index is 11.9. The van der Waals surface area contributed by atoms with Gasteiger partial charge in [0, 0.05) is 19.4 Å². The molecular weight excluding hydrogens is 478 g/mol. The summed E-state index contributed by atoms with van der Waals surface area (Å²) < 4.78 is 10.7. The Bertz CT molecular complexity index is 472. The predicted molar refractivity (Wildman–Crippen MR) is 158 cm³/mol. The predicted octanol–water partition coefficient (Wildman–Crippen LogP) is 7.99. The Morgan fingerprint density at radius 3 is 1.26 bits per heavy atom. The maximum absolute atomic E-state index is 11.9. The normalized spacial score (nSPS) is 11.3. The molecule has 0 unspecified atom stereocenters. The number of aliphatic hydroxyl groups is 1. The summed E-state index contributed by atoms with van der Waals surface area (Å²) in [5.74, 6) is -0.131. The molecule has 38 heavy (non-hydrogen) atoms. The van der Waals surface area contributed by atoms with Crippen molar-refractivity contribution in [1.82, 2.24) is 4.90 Å². The van der Waals surface area contributed by atoms with Crippen LogP contribution in [-0.2, 0) is 19.1 Å². The topological polar surface area (TPSA) is 76.1 Å². The highest BCUT2D eigenvalue weighted by atomic mass is 16.5. The molecule has 0 aromatic carbocycles. The Balaban J connectivity index is 3.61. The molecule has 0 aromatic rings. The number of esters is 2. The fourth-order valence-corrected chi connectivity index (χ4v) is 4.67. The van der Waals surface area contributed by atoms with Crippen molar-refractivity contribution >= 4 is 11.9 Å². The molecule has 0 radical (unpaired) electrons. The van der Waals surface area contributed by atoms with E-state index < -0.39 is 0 Å². The van der Waals surface area contributed by atoms with E-state index in [2.05, 4.69) is 18.7 Å². The van der Waals surface area contributed by atoms with Gasteiger partial charge in [0.15, 0.2) is 0 Å². The second-order valence-electron chi connectivity index (χ2n) is 10.9. The van der Waals surface area contributed by atoms with Crippen molar-refractivity contribution in [1.29, 1.82) is 0 Å². The summed E-state index contributed by atoms with van der Waals surface area (Å²) in [5.41, 5.74) is 0. The van der Waals surface area contributed by atoms with Gasteiger partial charge in [0.05, 0.1) is 19.8 Å². The van der Waals surface area contributed by atoms with Crippen molar-refractivity contribution in [2.24, 2.45) is 0 Å². The first-order valence-corrected chi connectivity index (χ1v) is 16.3. The minimum Gasteiger partial charge on any atom is -0.466 e. The summed E-state index contributed by atoms with van der Waals surface area (Å²) in [4.78, 5) is 26.1. The molecule has 0 aliphatic carbocycles. The van der Waals surface area contributed by atoms with E-state index in [0.29, 0.717) is 32.6 Å². The fourth-order valence-electron chi connectivity index (χ4n) is 4.67. The lowest BCUT2D eigenvalue weighted by Gasteiger charge is -2.21. The van der Waals surface area contributed by atoms with Crippen molar-refractivity contribution < 1.29 is 24.2 Å². The Kier molecular flexibility index (Phi) is 29.5. The molecule has 0 fully saturated rings. The number of carbonyl (C=O) groups excluding carboxylic acids is 2. The minimum absolute atomic E-state index is 0.0656. The van der Waals surface area contributed by atoms with Crippen LogP contribution in [0.5, 0.6) is 0 Å². The van der Waals surface area contributed by atoms with Gasteiger partial charge in [-0.3, -0.25) is 9.59 Å². The van der Waals surface area contributed by atoms with Gasteiger partial charge in [0.2, 0.25) is 0 Å². The number of nitrogens with zero attached hydrogens (tertiary/aromatic N) is 1. The van der Waals surface area contributed by atoms with E-state index in [1.54, 1.807) is 0 Å². The van der Waals surface area contributed by atoms with E-state index in [0.717, 1.165) is 77.3 Å². The minimum atomic E-state index is -0.0656. The van der Waals surface area contributed by atoms with Crippen LogP contribution in [0.4, 0.5) is 0 Å². The smallest absolute Gasteiger partial charge is 0.305 e. The van der Waals surface area contributed by atoms with Crippen molar-refractivity contribution in [2.45, 2.75) is 155 Å². The van der Waals surface area contributed by atoms with Crippen LogP contribution in [0.2, 0.25) is 0 Å². The maximum Gasteiger partial charge on any atom is 0.305 e. The van der Waals surface area contributed by atoms with Gasteiger partial charge in [-0.05, 0) is 51.6 Å². The van der Waals surface area contributed by atoms with E-state index in [4.69, 9.17) is 9.47 Å². The van der Waals surface area contributed by atoms with Gasteiger partial charge in [-0.1, -0.05) is 104 Å². The highest BCUT2D eigenvalue weighted by Crippen LogP contribution is 2.10. The number of ether oxygens (including phenoxy) is 2. The molecule has 0 atom stereocenters. The lowest BCUT2D eigenvalue weighted by atomic mass is 10.1. The van der Waals surface area contributed by atoms with Crippen LogP contribution in [0, 0.1) is 0 Å². The van der Waals surface area contributed by atoms with E-state index in [9.17, 15) is 14.7 Å². The molecule has 0 aromatic heterocycles. The van der Waals surface area contributed by atoms with Crippen LogP contribution >= 0.6 is 0 Å². The number of carbonyl (C=O) groups is 2. The Labute approximate surface area is 235 Å². The summed E-state index contributed by atoms with van der Waals surface area (Å²) >= 11 is 0.